The Kier molecular flexibility index (Phi) is 6.90. The van der Waals surface area contributed by atoms with Gasteiger partial charge in [0, 0.05) is 6.54 Å². The number of hydrogen-bond donors (Lipinski definition) is 1. The summed E-state index contributed by atoms with van der Waals surface area (Å²) in [6.45, 7) is 5.53. The summed E-state index contributed by atoms with van der Waals surface area (Å²) in [4.78, 5) is 2.24. The van der Waals surface area contributed by atoms with Crippen LogP contribution in [0.25, 0.3) is 0 Å². The molecule has 0 heterocycles. The van der Waals surface area contributed by atoms with Gasteiger partial charge in [0.1, 0.15) is 0 Å². The van der Waals surface area contributed by atoms with E-state index in [0.717, 1.165) is 19.5 Å². The summed E-state index contributed by atoms with van der Waals surface area (Å²) >= 11 is 0. The van der Waals surface area contributed by atoms with Crippen molar-refractivity contribution in [3.05, 3.63) is 35.4 Å². The highest BCUT2D eigenvalue weighted by Gasteiger charge is 1.98. The van der Waals surface area contributed by atoms with Crippen LogP contribution >= 0.6 is 0 Å². The topological polar surface area (TPSA) is 15.3 Å². The molecule has 0 atom stereocenters. The van der Waals surface area contributed by atoms with Crippen molar-refractivity contribution in [2.24, 2.45) is 0 Å². The Bertz CT molecular complexity index is 308. The number of unbranched alkanes of at least 4 members (excludes halogenated alkanes) is 1. The van der Waals surface area contributed by atoms with E-state index in [0.29, 0.717) is 0 Å². The average molecular weight is 234 g/mol. The maximum absolute atomic E-state index is 3.53. The summed E-state index contributed by atoms with van der Waals surface area (Å²) < 4.78 is 0. The van der Waals surface area contributed by atoms with Crippen molar-refractivity contribution in [2.75, 3.05) is 27.2 Å². The molecule has 2 heteroatoms. The van der Waals surface area contributed by atoms with Crippen molar-refractivity contribution in [1.82, 2.24) is 10.2 Å². The summed E-state index contributed by atoms with van der Waals surface area (Å²) in [7, 11) is 4.26. The molecule has 0 spiro atoms. The average Bonchev–Trinajstić information content (AvgIpc) is 2.33. The highest BCUT2D eigenvalue weighted by molar-refractivity contribution is 5.26. The zero-order chi connectivity index (χ0) is 12.5. The van der Waals surface area contributed by atoms with Gasteiger partial charge >= 0.3 is 0 Å². The Morgan fingerprint density at radius 2 is 1.76 bits per heavy atom. The third-order valence-electron chi connectivity index (χ3n) is 3.02. The number of hydrogen-bond acceptors (Lipinski definition) is 2. The van der Waals surface area contributed by atoms with E-state index in [9.17, 15) is 0 Å². The lowest BCUT2D eigenvalue weighted by molar-refractivity contribution is 0.391. The van der Waals surface area contributed by atoms with Crippen molar-refractivity contribution < 1.29 is 0 Å². The van der Waals surface area contributed by atoms with Crippen molar-refractivity contribution in [1.29, 1.82) is 0 Å². The fourth-order valence-electron chi connectivity index (χ4n) is 1.98. The molecular formula is C15H26N2. The Labute approximate surface area is 106 Å². The van der Waals surface area contributed by atoms with Gasteiger partial charge in [0.25, 0.3) is 0 Å². The lowest BCUT2D eigenvalue weighted by atomic mass is 10.1. The first-order valence-electron chi connectivity index (χ1n) is 6.66. The Morgan fingerprint density at radius 1 is 1.06 bits per heavy atom. The zero-order valence-electron chi connectivity index (χ0n) is 11.5. The minimum absolute atomic E-state index is 1.01. The van der Waals surface area contributed by atoms with Gasteiger partial charge in [-0.2, -0.15) is 0 Å². The van der Waals surface area contributed by atoms with Gasteiger partial charge in [-0.15, -0.1) is 0 Å². The van der Waals surface area contributed by atoms with Crippen LogP contribution in [0.5, 0.6) is 0 Å². The lowest BCUT2D eigenvalue weighted by Gasteiger charge is -2.11. The van der Waals surface area contributed by atoms with E-state index in [4.69, 9.17) is 0 Å². The summed E-state index contributed by atoms with van der Waals surface area (Å²) in [6, 6.07) is 8.70. The molecule has 0 unspecified atom stereocenters. The van der Waals surface area contributed by atoms with Crippen LogP contribution in [0.2, 0.25) is 0 Å². The van der Waals surface area contributed by atoms with Crippen LogP contribution in [0.1, 0.15) is 30.9 Å². The summed E-state index contributed by atoms with van der Waals surface area (Å²) in [6.07, 6.45) is 3.65. The second-order valence-corrected chi connectivity index (χ2v) is 4.81. The molecule has 17 heavy (non-hydrogen) atoms. The van der Waals surface area contributed by atoms with Gasteiger partial charge in [0.15, 0.2) is 0 Å². The molecule has 0 aliphatic carbocycles. The van der Waals surface area contributed by atoms with Gasteiger partial charge in [0.05, 0.1) is 0 Å². The highest BCUT2D eigenvalue weighted by Crippen LogP contribution is 2.08. The van der Waals surface area contributed by atoms with Gasteiger partial charge in [-0.1, -0.05) is 31.2 Å². The molecule has 0 aromatic heterocycles. The zero-order valence-corrected chi connectivity index (χ0v) is 11.5. The van der Waals surface area contributed by atoms with Crippen LogP contribution in [0.15, 0.2) is 24.3 Å². The van der Waals surface area contributed by atoms with E-state index >= 15 is 0 Å². The molecule has 1 aromatic carbocycles. The quantitative estimate of drug-likeness (QED) is 0.696. The maximum atomic E-state index is 3.53. The number of nitrogens with zero attached hydrogens (tertiary/aromatic N) is 1. The molecule has 0 aliphatic rings. The van der Waals surface area contributed by atoms with Gasteiger partial charge < -0.3 is 10.2 Å². The number of rotatable bonds is 8. The fraction of sp³-hybridized carbons (Fsp3) is 0.600. The Morgan fingerprint density at radius 3 is 2.41 bits per heavy atom. The normalized spacial score (nSPS) is 11.1. The molecule has 1 rings (SSSR count). The SMILES string of the molecule is CCc1ccccc1CNCCCCN(C)C. The maximum Gasteiger partial charge on any atom is 0.0208 e. The lowest BCUT2D eigenvalue weighted by Crippen LogP contribution is -2.18. The molecule has 0 aliphatic heterocycles. The summed E-state index contributed by atoms with van der Waals surface area (Å²) in [5.41, 5.74) is 2.91. The molecule has 0 saturated carbocycles. The molecule has 0 radical (unpaired) electrons. The highest BCUT2D eigenvalue weighted by atomic mass is 15.0. The Balaban J connectivity index is 2.17. The van der Waals surface area contributed by atoms with Crippen molar-refractivity contribution in [3.8, 4) is 0 Å². The third-order valence-corrected chi connectivity index (χ3v) is 3.02. The monoisotopic (exact) mass is 234 g/mol. The van der Waals surface area contributed by atoms with E-state index in [2.05, 4.69) is 55.5 Å². The largest absolute Gasteiger partial charge is 0.313 e. The first kappa shape index (κ1) is 14.2. The third kappa shape index (κ3) is 5.85. The predicted molar refractivity (Wildman–Crippen MR) is 75.3 cm³/mol. The molecule has 1 N–H and O–H groups in total. The van der Waals surface area contributed by atoms with Crippen molar-refractivity contribution in [2.45, 2.75) is 32.7 Å². The molecule has 1 aromatic rings. The molecular weight excluding hydrogens is 208 g/mol. The number of aryl methyl sites for hydroxylation is 1. The second-order valence-electron chi connectivity index (χ2n) is 4.81. The van der Waals surface area contributed by atoms with Crippen LogP contribution in [0.3, 0.4) is 0 Å². The van der Waals surface area contributed by atoms with E-state index < -0.39 is 0 Å². The molecule has 0 saturated heterocycles. The number of benzene rings is 1. The van der Waals surface area contributed by atoms with Crippen LogP contribution in [-0.4, -0.2) is 32.1 Å². The smallest absolute Gasteiger partial charge is 0.0208 e. The van der Waals surface area contributed by atoms with Crippen LogP contribution < -0.4 is 5.32 Å². The molecule has 0 amide bonds. The van der Waals surface area contributed by atoms with Crippen molar-refractivity contribution >= 4 is 0 Å². The van der Waals surface area contributed by atoms with Gasteiger partial charge in [-0.25, -0.2) is 0 Å². The molecule has 0 bridgehead atoms. The molecule has 2 nitrogen and oxygen atoms in total. The van der Waals surface area contributed by atoms with Crippen LogP contribution in [0.4, 0.5) is 0 Å². The first-order valence-corrected chi connectivity index (χ1v) is 6.66. The van der Waals surface area contributed by atoms with Crippen LogP contribution in [-0.2, 0) is 13.0 Å². The first-order chi connectivity index (χ1) is 8.24. The van der Waals surface area contributed by atoms with E-state index in [1.165, 1.54) is 30.5 Å². The summed E-state index contributed by atoms with van der Waals surface area (Å²) in [5.74, 6) is 0. The predicted octanol–water partition coefficient (Wildman–Crippen LogP) is 2.68. The van der Waals surface area contributed by atoms with Gasteiger partial charge in [0.2, 0.25) is 0 Å². The molecule has 96 valence electrons. The van der Waals surface area contributed by atoms with E-state index in [-0.39, 0.29) is 0 Å². The minimum Gasteiger partial charge on any atom is -0.313 e. The minimum atomic E-state index is 1.01. The van der Waals surface area contributed by atoms with E-state index in [1.54, 1.807) is 0 Å². The van der Waals surface area contributed by atoms with Crippen LogP contribution in [0, 0.1) is 0 Å². The van der Waals surface area contributed by atoms with Gasteiger partial charge in [-0.05, 0) is 57.6 Å². The van der Waals surface area contributed by atoms with Crippen molar-refractivity contribution in [3.63, 3.8) is 0 Å². The Hall–Kier alpha value is -0.860. The molecule has 0 fully saturated rings. The van der Waals surface area contributed by atoms with E-state index in [1.807, 2.05) is 0 Å². The standard InChI is InChI=1S/C15H26N2/c1-4-14-9-5-6-10-15(14)13-16-11-7-8-12-17(2)3/h5-6,9-10,16H,4,7-8,11-13H2,1-3H3. The summed E-state index contributed by atoms with van der Waals surface area (Å²) in [5, 5.41) is 3.53. The van der Waals surface area contributed by atoms with Gasteiger partial charge in [-0.3, -0.25) is 0 Å². The number of nitrogens with one attached hydrogen (secondary N) is 1. The fourth-order valence-corrected chi connectivity index (χ4v) is 1.98. The second kappa shape index (κ2) is 8.26.